The zero-order valence-electron chi connectivity index (χ0n) is 23.0. The smallest absolute Gasteiger partial charge is 0.404 e. The second kappa shape index (κ2) is 12.3. The first-order valence-corrected chi connectivity index (χ1v) is 14.9. The van der Waals surface area contributed by atoms with Crippen LogP contribution in [0.3, 0.4) is 0 Å². The van der Waals surface area contributed by atoms with Gasteiger partial charge in [-0.1, -0.05) is 6.07 Å². The van der Waals surface area contributed by atoms with Crippen LogP contribution < -0.4 is 20.9 Å². The van der Waals surface area contributed by atoms with E-state index in [0.29, 0.717) is 11.8 Å². The van der Waals surface area contributed by atoms with Crippen molar-refractivity contribution in [3.8, 4) is 11.1 Å². The molecule has 3 atom stereocenters. The first kappa shape index (κ1) is 31.9. The number of carboxylic acid groups (broad SMARTS) is 1. The standard InChI is InChI=1S/C26H29F5N6O5S/c1-13(2)37-22-15(12-32-24(35-22)33-16-4-6-20(19(28)11-16)34-25(39)40)9-17(23(37)38)14-3-5-21(18(27)10-14)36-43(41,42)8-7-26(29,30)31/h3,5,9-10,12-13,16,19-20,34,36H,4,6-8,11H2,1-2H3,(H,39,40)(H,32,33,35). The Hall–Kier alpha value is -4.02. The number of rotatable bonds is 9. The molecule has 1 aliphatic carbocycles. The normalized spacial score (nSPS) is 19.4. The Morgan fingerprint density at radius 2 is 1.93 bits per heavy atom. The molecular weight excluding hydrogens is 603 g/mol. The number of hydrogen-bond acceptors (Lipinski definition) is 7. The van der Waals surface area contributed by atoms with Crippen LogP contribution in [0.4, 0.5) is 38.4 Å². The fourth-order valence-corrected chi connectivity index (χ4v) is 5.96. The van der Waals surface area contributed by atoms with Crippen molar-refractivity contribution in [2.45, 2.75) is 70.0 Å². The molecular formula is C26H29F5N6O5S. The summed E-state index contributed by atoms with van der Waals surface area (Å²) in [6, 6.07) is 2.99. The van der Waals surface area contributed by atoms with Gasteiger partial charge >= 0.3 is 12.3 Å². The average molecular weight is 633 g/mol. The molecule has 1 saturated carbocycles. The van der Waals surface area contributed by atoms with E-state index in [1.165, 1.54) is 22.9 Å². The number of anilines is 2. The van der Waals surface area contributed by atoms with Crippen LogP contribution in [0.25, 0.3) is 22.2 Å². The summed E-state index contributed by atoms with van der Waals surface area (Å²) in [5.74, 6) is -2.25. The third-order valence-corrected chi connectivity index (χ3v) is 8.18. The molecule has 3 aromatic rings. The summed E-state index contributed by atoms with van der Waals surface area (Å²) in [5.41, 5.74) is -0.749. The van der Waals surface area contributed by atoms with Crippen LogP contribution in [0, 0.1) is 5.82 Å². The van der Waals surface area contributed by atoms with Crippen molar-refractivity contribution in [1.82, 2.24) is 19.9 Å². The first-order valence-electron chi connectivity index (χ1n) is 13.2. The number of sulfonamides is 1. The maximum absolute atomic E-state index is 14.9. The van der Waals surface area contributed by atoms with Gasteiger partial charge in [-0.05, 0) is 50.5 Å². The fourth-order valence-electron chi connectivity index (χ4n) is 4.86. The number of halogens is 5. The lowest BCUT2D eigenvalue weighted by atomic mass is 9.89. The lowest BCUT2D eigenvalue weighted by Crippen LogP contribution is -2.47. The average Bonchev–Trinajstić information content (AvgIpc) is 2.89. The first-order chi connectivity index (χ1) is 20.0. The summed E-state index contributed by atoms with van der Waals surface area (Å²) >= 11 is 0. The minimum atomic E-state index is -4.71. The van der Waals surface area contributed by atoms with E-state index in [0.717, 1.165) is 12.1 Å². The molecule has 234 valence electrons. The molecule has 0 saturated heterocycles. The van der Waals surface area contributed by atoms with Crippen LogP contribution in [0.1, 0.15) is 45.6 Å². The van der Waals surface area contributed by atoms with Gasteiger partial charge in [-0.25, -0.2) is 27.0 Å². The zero-order chi connectivity index (χ0) is 31.7. The van der Waals surface area contributed by atoms with Crippen molar-refractivity contribution >= 4 is 38.8 Å². The van der Waals surface area contributed by atoms with Gasteiger partial charge in [0.1, 0.15) is 17.6 Å². The molecule has 1 amide bonds. The van der Waals surface area contributed by atoms with Crippen molar-refractivity contribution < 1.29 is 40.3 Å². The number of aromatic nitrogens is 3. The lowest BCUT2D eigenvalue weighted by Gasteiger charge is -2.32. The van der Waals surface area contributed by atoms with Crippen LogP contribution >= 0.6 is 0 Å². The molecule has 2 heterocycles. The Labute approximate surface area is 242 Å². The lowest BCUT2D eigenvalue weighted by molar-refractivity contribution is -0.129. The highest BCUT2D eigenvalue weighted by Crippen LogP contribution is 2.28. The monoisotopic (exact) mass is 632 g/mol. The van der Waals surface area contributed by atoms with Crippen LogP contribution in [0.5, 0.6) is 0 Å². The van der Waals surface area contributed by atoms with Gasteiger partial charge in [0.25, 0.3) is 5.56 Å². The van der Waals surface area contributed by atoms with E-state index in [4.69, 9.17) is 5.11 Å². The number of hydrogen-bond donors (Lipinski definition) is 4. The van der Waals surface area contributed by atoms with Crippen molar-refractivity contribution in [1.29, 1.82) is 0 Å². The van der Waals surface area contributed by atoms with E-state index < -0.39 is 69.8 Å². The summed E-state index contributed by atoms with van der Waals surface area (Å²) in [4.78, 5) is 33.1. The van der Waals surface area contributed by atoms with Crippen LogP contribution in [-0.2, 0) is 10.0 Å². The van der Waals surface area contributed by atoms with Gasteiger partial charge in [-0.15, -0.1) is 0 Å². The topological polar surface area (TPSA) is 155 Å². The predicted octanol–water partition coefficient (Wildman–Crippen LogP) is 4.81. The van der Waals surface area contributed by atoms with Crippen molar-refractivity contribution in [2.24, 2.45) is 0 Å². The molecule has 4 N–H and O–H groups in total. The number of nitrogens with one attached hydrogen (secondary N) is 3. The van der Waals surface area contributed by atoms with Crippen LogP contribution in [-0.4, -0.2) is 64.3 Å². The Bertz CT molecular complexity index is 1680. The third kappa shape index (κ3) is 7.88. The maximum atomic E-state index is 14.9. The molecule has 17 heteroatoms. The molecule has 4 rings (SSSR count). The Balaban J connectivity index is 1.60. The Kier molecular flexibility index (Phi) is 9.13. The molecule has 43 heavy (non-hydrogen) atoms. The molecule has 1 aromatic carbocycles. The summed E-state index contributed by atoms with van der Waals surface area (Å²) in [5, 5.41) is 14.5. The van der Waals surface area contributed by atoms with Gasteiger partial charge in [0.05, 0.1) is 23.9 Å². The molecule has 1 fully saturated rings. The summed E-state index contributed by atoms with van der Waals surface area (Å²) in [6.45, 7) is 3.45. The van der Waals surface area contributed by atoms with Crippen LogP contribution in [0.15, 0.2) is 35.3 Å². The van der Waals surface area contributed by atoms with E-state index in [-0.39, 0.29) is 41.6 Å². The molecule has 2 aromatic heterocycles. The molecule has 11 nitrogen and oxygen atoms in total. The van der Waals surface area contributed by atoms with Gasteiger partial charge in [-0.2, -0.15) is 18.2 Å². The maximum Gasteiger partial charge on any atom is 0.404 e. The second-order valence-electron chi connectivity index (χ2n) is 10.5. The summed E-state index contributed by atoms with van der Waals surface area (Å²) < 4.78 is 93.8. The molecule has 1 aliphatic rings. The number of benzene rings is 1. The predicted molar refractivity (Wildman–Crippen MR) is 149 cm³/mol. The zero-order valence-corrected chi connectivity index (χ0v) is 23.8. The number of amides is 1. The number of fused-ring (bicyclic) bond motifs is 1. The van der Waals surface area contributed by atoms with E-state index in [9.17, 15) is 40.0 Å². The van der Waals surface area contributed by atoms with Crippen molar-refractivity contribution in [3.05, 3.63) is 46.6 Å². The van der Waals surface area contributed by atoms with Gasteiger partial charge in [0.15, 0.2) is 0 Å². The highest BCUT2D eigenvalue weighted by Gasteiger charge is 2.32. The highest BCUT2D eigenvalue weighted by atomic mass is 32.2. The largest absolute Gasteiger partial charge is 0.465 e. The summed E-state index contributed by atoms with van der Waals surface area (Å²) in [7, 11) is -4.49. The number of pyridine rings is 1. The van der Waals surface area contributed by atoms with Crippen LogP contribution in [0.2, 0.25) is 0 Å². The minimum Gasteiger partial charge on any atom is -0.465 e. The summed E-state index contributed by atoms with van der Waals surface area (Å²) in [6.07, 6.45) is -6.87. The van der Waals surface area contributed by atoms with Gasteiger partial charge < -0.3 is 15.7 Å². The molecule has 0 spiro atoms. The van der Waals surface area contributed by atoms with Gasteiger partial charge in [0.2, 0.25) is 16.0 Å². The van der Waals surface area contributed by atoms with Crippen molar-refractivity contribution in [2.75, 3.05) is 15.8 Å². The molecule has 3 unspecified atom stereocenters. The van der Waals surface area contributed by atoms with Gasteiger partial charge in [0, 0.05) is 35.7 Å². The third-order valence-electron chi connectivity index (χ3n) is 6.90. The number of carbonyl (C=O) groups is 1. The van der Waals surface area contributed by atoms with E-state index in [1.54, 1.807) is 18.6 Å². The highest BCUT2D eigenvalue weighted by molar-refractivity contribution is 7.92. The Morgan fingerprint density at radius 1 is 1.21 bits per heavy atom. The van der Waals surface area contributed by atoms with E-state index >= 15 is 0 Å². The minimum absolute atomic E-state index is 0.0162. The van der Waals surface area contributed by atoms with E-state index in [2.05, 4.69) is 20.6 Å². The number of nitrogens with zero attached hydrogens (tertiary/aromatic N) is 3. The quantitative estimate of drug-likeness (QED) is 0.245. The number of alkyl halides is 4. The van der Waals surface area contributed by atoms with Gasteiger partial charge in [-0.3, -0.25) is 14.1 Å². The Morgan fingerprint density at radius 3 is 2.53 bits per heavy atom. The second-order valence-corrected chi connectivity index (χ2v) is 12.3. The molecule has 0 radical (unpaired) electrons. The van der Waals surface area contributed by atoms with E-state index in [1.807, 2.05) is 0 Å². The molecule has 0 aliphatic heterocycles. The molecule has 0 bridgehead atoms. The van der Waals surface area contributed by atoms with Crippen molar-refractivity contribution in [3.63, 3.8) is 0 Å². The fraction of sp³-hybridized carbons (Fsp3) is 0.462. The SMILES string of the molecule is CC(C)n1c(=O)c(-c2ccc(NS(=O)(=O)CCC(F)(F)F)c(F)c2)cc2cnc(NC3CCC(NC(=O)O)C(F)C3)nc21.